The number of hydrogen-bond acceptors (Lipinski definition) is 2. The number of carbonyl (C=O) groups excluding carboxylic acids is 1. The molecule has 88 valence electrons. The average molecular weight is 298 g/mol. The molecule has 0 fully saturated rings. The van der Waals surface area contributed by atoms with Crippen LogP contribution in [0.3, 0.4) is 0 Å². The van der Waals surface area contributed by atoms with Crippen LogP contribution in [-0.2, 0) is 0 Å². The Kier molecular flexibility index (Phi) is 4.11. The van der Waals surface area contributed by atoms with Gasteiger partial charge in [-0.1, -0.05) is 15.9 Å². The van der Waals surface area contributed by atoms with Crippen LogP contribution in [0.15, 0.2) is 22.8 Å². The zero-order chi connectivity index (χ0) is 12.2. The molecule has 0 saturated carbocycles. The van der Waals surface area contributed by atoms with Gasteiger partial charge in [0.2, 0.25) is 0 Å². The van der Waals surface area contributed by atoms with Crippen LogP contribution >= 0.6 is 15.9 Å². The van der Waals surface area contributed by atoms with Crippen molar-refractivity contribution >= 4 is 27.8 Å². The summed E-state index contributed by atoms with van der Waals surface area (Å²) in [7, 11) is 0. The lowest BCUT2D eigenvalue weighted by molar-refractivity contribution is -0.122. The van der Waals surface area contributed by atoms with Crippen molar-refractivity contribution in [2.45, 2.75) is 6.18 Å². The van der Waals surface area contributed by atoms with Crippen LogP contribution in [0.5, 0.6) is 0 Å². The lowest BCUT2D eigenvalue weighted by Gasteiger charge is -2.09. The molecule has 0 spiro atoms. The Bertz CT molecular complexity index is 383. The van der Waals surface area contributed by atoms with Crippen LogP contribution in [0.4, 0.5) is 23.8 Å². The largest absolute Gasteiger partial charge is 0.405 e. The van der Waals surface area contributed by atoms with Crippen LogP contribution in [0.1, 0.15) is 0 Å². The second-order valence-corrected chi connectivity index (χ2v) is 3.70. The maximum atomic E-state index is 11.8. The molecule has 1 rings (SSSR count). The first-order chi connectivity index (χ1) is 7.37. The van der Waals surface area contributed by atoms with Crippen LogP contribution in [-0.4, -0.2) is 23.7 Å². The summed E-state index contributed by atoms with van der Waals surface area (Å²) in [6.45, 7) is -1.38. The number of halogens is 4. The van der Waals surface area contributed by atoms with Gasteiger partial charge < -0.3 is 5.32 Å². The maximum Gasteiger partial charge on any atom is 0.405 e. The summed E-state index contributed by atoms with van der Waals surface area (Å²) in [6.07, 6.45) is -3.02. The zero-order valence-corrected chi connectivity index (χ0v) is 9.39. The first kappa shape index (κ1) is 12.8. The fraction of sp³-hybridized carbons (Fsp3) is 0.250. The average Bonchev–Trinajstić information content (AvgIpc) is 2.14. The van der Waals surface area contributed by atoms with Gasteiger partial charge in [0.05, 0.1) is 0 Å². The van der Waals surface area contributed by atoms with E-state index in [0.29, 0.717) is 4.47 Å². The highest BCUT2D eigenvalue weighted by molar-refractivity contribution is 9.10. The van der Waals surface area contributed by atoms with Crippen LogP contribution in [0.25, 0.3) is 0 Å². The highest BCUT2D eigenvalue weighted by atomic mass is 79.9. The van der Waals surface area contributed by atoms with E-state index in [1.807, 2.05) is 0 Å². The predicted molar refractivity (Wildman–Crippen MR) is 55.0 cm³/mol. The fourth-order valence-electron chi connectivity index (χ4n) is 0.814. The minimum atomic E-state index is -4.43. The number of aromatic nitrogens is 1. The third-order valence-corrected chi connectivity index (χ3v) is 1.91. The number of carbonyl (C=O) groups is 1. The van der Waals surface area contributed by atoms with Gasteiger partial charge in [0.25, 0.3) is 0 Å². The Morgan fingerprint density at radius 1 is 1.50 bits per heavy atom. The molecule has 2 N–H and O–H groups in total. The van der Waals surface area contributed by atoms with Crippen LogP contribution < -0.4 is 10.6 Å². The lowest BCUT2D eigenvalue weighted by Crippen LogP contribution is -2.36. The van der Waals surface area contributed by atoms with Gasteiger partial charge >= 0.3 is 12.2 Å². The normalized spacial score (nSPS) is 11.0. The van der Waals surface area contributed by atoms with Gasteiger partial charge in [0.1, 0.15) is 12.4 Å². The third-order valence-electron chi connectivity index (χ3n) is 1.41. The van der Waals surface area contributed by atoms with E-state index in [-0.39, 0.29) is 5.82 Å². The van der Waals surface area contributed by atoms with Gasteiger partial charge in [-0.3, -0.25) is 5.32 Å². The van der Waals surface area contributed by atoms with E-state index in [1.54, 1.807) is 11.4 Å². The van der Waals surface area contributed by atoms with E-state index >= 15 is 0 Å². The first-order valence-corrected chi connectivity index (χ1v) is 4.89. The zero-order valence-electron chi connectivity index (χ0n) is 7.81. The summed E-state index contributed by atoms with van der Waals surface area (Å²) in [5, 5.41) is 3.82. The number of alkyl halides is 3. The molecular formula is C8H7BrF3N3O. The minimum Gasteiger partial charge on any atom is -0.329 e. The monoisotopic (exact) mass is 297 g/mol. The molecule has 1 heterocycles. The van der Waals surface area contributed by atoms with E-state index in [2.05, 4.69) is 26.2 Å². The fourth-order valence-corrected chi connectivity index (χ4v) is 1.15. The highest BCUT2D eigenvalue weighted by Gasteiger charge is 2.27. The summed E-state index contributed by atoms with van der Waals surface area (Å²) in [5.74, 6) is 0.161. The van der Waals surface area contributed by atoms with Crippen molar-refractivity contribution in [2.24, 2.45) is 0 Å². The Hall–Kier alpha value is -1.31. The quantitative estimate of drug-likeness (QED) is 0.881. The molecule has 8 heteroatoms. The molecule has 0 unspecified atom stereocenters. The van der Waals surface area contributed by atoms with Crippen molar-refractivity contribution in [2.75, 3.05) is 11.9 Å². The Morgan fingerprint density at radius 2 is 2.19 bits per heavy atom. The van der Waals surface area contributed by atoms with Crippen molar-refractivity contribution in [3.8, 4) is 0 Å². The van der Waals surface area contributed by atoms with Gasteiger partial charge in [0, 0.05) is 10.7 Å². The van der Waals surface area contributed by atoms with E-state index < -0.39 is 18.8 Å². The molecule has 0 aromatic carbocycles. The Labute approximate surface area is 97.4 Å². The second-order valence-electron chi connectivity index (χ2n) is 2.78. The number of rotatable bonds is 2. The van der Waals surface area contributed by atoms with Gasteiger partial charge in [-0.05, 0) is 12.1 Å². The number of nitrogens with zero attached hydrogens (tertiary/aromatic N) is 1. The number of anilines is 1. The predicted octanol–water partition coefficient (Wildman–Crippen LogP) is 2.53. The number of amides is 2. The molecule has 0 aliphatic heterocycles. The topological polar surface area (TPSA) is 54.0 Å². The van der Waals surface area contributed by atoms with E-state index in [1.165, 1.54) is 12.3 Å². The molecule has 1 aromatic heterocycles. The minimum absolute atomic E-state index is 0.161. The molecule has 16 heavy (non-hydrogen) atoms. The smallest absolute Gasteiger partial charge is 0.329 e. The summed E-state index contributed by atoms with van der Waals surface area (Å²) in [4.78, 5) is 14.7. The van der Waals surface area contributed by atoms with Crippen molar-refractivity contribution < 1.29 is 18.0 Å². The van der Waals surface area contributed by atoms with E-state index in [0.717, 1.165) is 0 Å². The van der Waals surface area contributed by atoms with Gasteiger partial charge in [0.15, 0.2) is 0 Å². The molecule has 2 amide bonds. The number of urea groups is 1. The number of pyridine rings is 1. The summed E-state index contributed by atoms with van der Waals surface area (Å²) >= 11 is 3.13. The molecule has 1 aromatic rings. The van der Waals surface area contributed by atoms with Crippen molar-refractivity contribution in [1.29, 1.82) is 0 Å². The molecule has 0 aliphatic carbocycles. The number of nitrogens with one attached hydrogen (secondary N) is 2. The maximum absolute atomic E-state index is 11.8. The lowest BCUT2D eigenvalue weighted by atomic mass is 10.5. The molecule has 0 bridgehead atoms. The summed E-state index contributed by atoms with van der Waals surface area (Å²) in [6, 6.07) is 2.13. The Balaban J connectivity index is 2.46. The van der Waals surface area contributed by atoms with Gasteiger partial charge in [-0.25, -0.2) is 9.78 Å². The number of hydrogen-bond donors (Lipinski definition) is 2. The second kappa shape index (κ2) is 5.15. The van der Waals surface area contributed by atoms with Gasteiger partial charge in [-0.15, -0.1) is 0 Å². The highest BCUT2D eigenvalue weighted by Crippen LogP contribution is 2.13. The molecule has 4 nitrogen and oxygen atoms in total. The summed E-state index contributed by atoms with van der Waals surface area (Å²) < 4.78 is 35.9. The standard InChI is InChI=1S/C8H7BrF3N3O/c9-5-1-2-13-6(3-5)15-7(16)14-4-8(10,11)12/h1-3H,4H2,(H2,13,14,15,16). The first-order valence-electron chi connectivity index (χ1n) is 4.10. The van der Waals surface area contributed by atoms with Crippen LogP contribution in [0, 0.1) is 0 Å². The van der Waals surface area contributed by atoms with E-state index in [4.69, 9.17) is 0 Å². The molecule has 0 atom stereocenters. The molecule has 0 saturated heterocycles. The van der Waals surface area contributed by atoms with E-state index in [9.17, 15) is 18.0 Å². The third kappa shape index (κ3) is 4.96. The van der Waals surface area contributed by atoms with Crippen LogP contribution in [0.2, 0.25) is 0 Å². The van der Waals surface area contributed by atoms with Crippen molar-refractivity contribution in [3.63, 3.8) is 0 Å². The molecule has 0 aliphatic rings. The van der Waals surface area contributed by atoms with Crippen molar-refractivity contribution in [3.05, 3.63) is 22.8 Å². The Morgan fingerprint density at radius 3 is 2.75 bits per heavy atom. The van der Waals surface area contributed by atoms with Crippen molar-refractivity contribution in [1.82, 2.24) is 10.3 Å². The van der Waals surface area contributed by atoms with Gasteiger partial charge in [-0.2, -0.15) is 13.2 Å². The molecule has 0 radical (unpaired) electrons. The summed E-state index contributed by atoms with van der Waals surface area (Å²) in [5.41, 5.74) is 0. The SMILES string of the molecule is O=C(NCC(F)(F)F)Nc1cc(Br)ccn1. The molecular weight excluding hydrogens is 291 g/mol.